The molecule has 0 aromatic heterocycles. The lowest BCUT2D eigenvalue weighted by Gasteiger charge is -2.40. The van der Waals surface area contributed by atoms with Crippen molar-refractivity contribution in [3.05, 3.63) is 35.1 Å². The lowest BCUT2D eigenvalue weighted by Crippen LogP contribution is -2.42. The molecule has 174 valence electrons. The average Bonchev–Trinajstić information content (AvgIpc) is 2.79. The van der Waals surface area contributed by atoms with Crippen LogP contribution in [0.5, 0.6) is 0 Å². The summed E-state index contributed by atoms with van der Waals surface area (Å²) in [5.41, 5.74) is -0.836. The van der Waals surface area contributed by atoms with Crippen LogP contribution in [0, 0.1) is 22.9 Å². The summed E-state index contributed by atoms with van der Waals surface area (Å²) in [4.78, 5) is 13.4. The second kappa shape index (κ2) is 10.9. The molecule has 2 aliphatic carbocycles. The van der Waals surface area contributed by atoms with Crippen molar-refractivity contribution >= 4 is 5.97 Å². The third-order valence-electron chi connectivity index (χ3n) is 7.62. The van der Waals surface area contributed by atoms with Crippen molar-refractivity contribution in [1.82, 2.24) is 0 Å². The highest BCUT2D eigenvalue weighted by Gasteiger charge is 2.45. The molecule has 1 aromatic rings. The smallest absolute Gasteiger partial charge is 0.316 e. The van der Waals surface area contributed by atoms with Crippen molar-refractivity contribution in [2.45, 2.75) is 109 Å². The highest BCUT2D eigenvalue weighted by atomic mass is 19.2. The number of hydrogen-bond acceptors (Lipinski definition) is 2. The van der Waals surface area contributed by atoms with Crippen molar-refractivity contribution in [2.75, 3.05) is 6.61 Å². The summed E-state index contributed by atoms with van der Waals surface area (Å²) in [6, 6.07) is 1.98. The van der Waals surface area contributed by atoms with Crippen LogP contribution in [0.1, 0.15) is 109 Å². The van der Waals surface area contributed by atoms with Gasteiger partial charge >= 0.3 is 5.97 Å². The Bertz CT molecular complexity index is 711. The first-order valence-electron chi connectivity index (χ1n) is 12.2. The van der Waals surface area contributed by atoms with Gasteiger partial charge in [0.15, 0.2) is 17.5 Å². The highest BCUT2D eigenvalue weighted by molar-refractivity contribution is 5.83. The summed E-state index contributed by atoms with van der Waals surface area (Å²) >= 11 is 0. The molecule has 0 heterocycles. The molecular weight excluding hydrogens is 401 g/mol. The first kappa shape index (κ1) is 24.1. The minimum absolute atomic E-state index is 0.0246. The van der Waals surface area contributed by atoms with E-state index in [0.29, 0.717) is 19.4 Å². The second-order valence-corrected chi connectivity index (χ2v) is 9.84. The normalized spacial score (nSPS) is 20.4. The Labute approximate surface area is 184 Å². The molecule has 2 nitrogen and oxygen atoms in total. The van der Waals surface area contributed by atoms with Crippen molar-refractivity contribution in [2.24, 2.45) is 5.41 Å². The van der Waals surface area contributed by atoms with Gasteiger partial charge in [0.1, 0.15) is 0 Å². The Hall–Kier alpha value is -1.52. The Morgan fingerprint density at radius 2 is 1.45 bits per heavy atom. The molecule has 0 saturated heterocycles. The Morgan fingerprint density at radius 3 is 2.03 bits per heavy atom. The molecular formula is C26H37F3O2. The van der Waals surface area contributed by atoms with Crippen LogP contribution in [0.2, 0.25) is 0 Å². The van der Waals surface area contributed by atoms with E-state index in [1.54, 1.807) is 0 Å². The van der Waals surface area contributed by atoms with Crippen LogP contribution < -0.4 is 0 Å². The van der Waals surface area contributed by atoms with Crippen molar-refractivity contribution in [3.8, 4) is 0 Å². The molecule has 31 heavy (non-hydrogen) atoms. The zero-order valence-electron chi connectivity index (χ0n) is 18.9. The minimum Gasteiger partial charge on any atom is -0.464 e. The summed E-state index contributed by atoms with van der Waals surface area (Å²) in [5.74, 6) is -4.37. The van der Waals surface area contributed by atoms with Gasteiger partial charge in [-0.05, 0) is 49.8 Å². The molecule has 0 radical (unpaired) electrons. The first-order chi connectivity index (χ1) is 14.9. The minimum atomic E-state index is -1.49. The van der Waals surface area contributed by atoms with E-state index in [-0.39, 0.29) is 11.0 Å². The summed E-state index contributed by atoms with van der Waals surface area (Å²) < 4.78 is 47.5. The van der Waals surface area contributed by atoms with E-state index in [1.807, 2.05) is 0 Å². The van der Waals surface area contributed by atoms with Gasteiger partial charge in [-0.2, -0.15) is 0 Å². The molecule has 0 atom stereocenters. The zero-order chi connectivity index (χ0) is 22.3. The number of ether oxygens (including phenoxy) is 1. The molecule has 5 heteroatoms. The fourth-order valence-corrected chi connectivity index (χ4v) is 5.65. The fraction of sp³-hybridized carbons (Fsp3) is 0.731. The summed E-state index contributed by atoms with van der Waals surface area (Å²) in [5, 5.41) is 0. The number of carbonyl (C=O) groups excluding carboxylic acids is 1. The second-order valence-electron chi connectivity index (χ2n) is 9.84. The third kappa shape index (κ3) is 5.64. The summed E-state index contributed by atoms with van der Waals surface area (Å²) in [6.45, 7) is 2.58. The van der Waals surface area contributed by atoms with Gasteiger partial charge in [-0.25, -0.2) is 13.2 Å². The van der Waals surface area contributed by atoms with Crippen LogP contribution in [0.15, 0.2) is 12.1 Å². The maximum Gasteiger partial charge on any atom is 0.316 e. The van der Waals surface area contributed by atoms with Crippen molar-refractivity contribution < 1.29 is 22.7 Å². The molecule has 0 amide bonds. The van der Waals surface area contributed by atoms with Gasteiger partial charge in [0, 0.05) is 5.41 Å². The van der Waals surface area contributed by atoms with Crippen LogP contribution >= 0.6 is 0 Å². The highest BCUT2D eigenvalue weighted by Crippen LogP contribution is 2.44. The monoisotopic (exact) mass is 438 g/mol. The first-order valence-corrected chi connectivity index (χ1v) is 12.2. The van der Waals surface area contributed by atoms with Gasteiger partial charge in [-0.15, -0.1) is 0 Å². The maximum atomic E-state index is 14.0. The molecule has 0 spiro atoms. The Balaban J connectivity index is 1.77. The van der Waals surface area contributed by atoms with E-state index in [2.05, 4.69) is 6.92 Å². The molecule has 0 bridgehead atoms. The van der Waals surface area contributed by atoms with E-state index in [1.165, 1.54) is 25.7 Å². The van der Waals surface area contributed by atoms with Crippen LogP contribution in [0.3, 0.4) is 0 Å². The van der Waals surface area contributed by atoms with Crippen LogP contribution in [-0.2, 0) is 14.9 Å². The maximum absolute atomic E-state index is 14.0. The number of halogens is 3. The topological polar surface area (TPSA) is 26.3 Å². The number of unbranched alkanes of at least 4 members (excludes halogenated alkanes) is 3. The zero-order valence-corrected chi connectivity index (χ0v) is 18.9. The predicted octanol–water partition coefficient (Wildman–Crippen LogP) is 7.77. The largest absolute Gasteiger partial charge is 0.464 e. The van der Waals surface area contributed by atoms with E-state index in [9.17, 15) is 18.0 Å². The van der Waals surface area contributed by atoms with Crippen LogP contribution in [-0.4, -0.2) is 12.6 Å². The van der Waals surface area contributed by atoms with Gasteiger partial charge in [-0.1, -0.05) is 71.1 Å². The number of benzene rings is 1. The van der Waals surface area contributed by atoms with E-state index in [4.69, 9.17) is 4.74 Å². The van der Waals surface area contributed by atoms with Crippen LogP contribution in [0.25, 0.3) is 0 Å². The number of rotatable bonds is 9. The molecule has 2 aliphatic rings. The van der Waals surface area contributed by atoms with Crippen molar-refractivity contribution in [3.63, 3.8) is 0 Å². The van der Waals surface area contributed by atoms with E-state index >= 15 is 0 Å². The van der Waals surface area contributed by atoms with Gasteiger partial charge in [0.2, 0.25) is 0 Å². The predicted molar refractivity (Wildman–Crippen MR) is 116 cm³/mol. The molecule has 0 aliphatic heterocycles. The fourth-order valence-electron chi connectivity index (χ4n) is 5.65. The van der Waals surface area contributed by atoms with E-state index < -0.39 is 28.8 Å². The summed E-state index contributed by atoms with van der Waals surface area (Å²) in [7, 11) is 0. The van der Waals surface area contributed by atoms with Gasteiger partial charge in [0.25, 0.3) is 0 Å². The van der Waals surface area contributed by atoms with Gasteiger partial charge < -0.3 is 4.74 Å². The standard InChI is InChI=1S/C26H37F3O2/c1-2-3-4-7-12-25(13-8-5-9-14-25)19-31-24(30)26(15-10-6-11-16-26)20-17-21(27)23(29)22(28)18-20/h17-18H,2-16,19H2,1H3. The third-order valence-corrected chi connectivity index (χ3v) is 7.62. The molecule has 0 unspecified atom stereocenters. The molecule has 2 fully saturated rings. The van der Waals surface area contributed by atoms with Crippen LogP contribution in [0.4, 0.5) is 13.2 Å². The summed E-state index contributed by atoms with van der Waals surface area (Å²) in [6.07, 6.45) is 15.0. The average molecular weight is 439 g/mol. The number of esters is 1. The number of hydrogen-bond donors (Lipinski definition) is 0. The Kier molecular flexibility index (Phi) is 8.46. The lowest BCUT2D eigenvalue weighted by atomic mass is 9.69. The molecule has 3 rings (SSSR count). The molecule has 0 N–H and O–H groups in total. The molecule has 2 saturated carbocycles. The molecule has 1 aromatic carbocycles. The van der Waals surface area contributed by atoms with E-state index in [0.717, 1.165) is 69.9 Å². The Morgan fingerprint density at radius 1 is 0.871 bits per heavy atom. The lowest BCUT2D eigenvalue weighted by molar-refractivity contribution is -0.157. The van der Waals surface area contributed by atoms with Gasteiger partial charge in [0.05, 0.1) is 12.0 Å². The number of carbonyl (C=O) groups is 1. The quantitative estimate of drug-likeness (QED) is 0.224. The van der Waals surface area contributed by atoms with Crippen molar-refractivity contribution in [1.29, 1.82) is 0 Å². The SMILES string of the molecule is CCCCCCC1(COC(=O)C2(c3cc(F)c(F)c(F)c3)CCCCC2)CCCCC1. The van der Waals surface area contributed by atoms with Gasteiger partial charge in [-0.3, -0.25) is 4.79 Å².